The highest BCUT2D eigenvalue weighted by atomic mass is 16.5. The Hall–Kier alpha value is -2.12. The Morgan fingerprint density at radius 3 is 2.86 bits per heavy atom. The Balaban J connectivity index is 1.45. The molecule has 2 fully saturated rings. The Morgan fingerprint density at radius 2 is 2.07 bits per heavy atom. The molecule has 1 N–H and O–H groups in total. The molecule has 152 valence electrons. The first-order valence-corrected chi connectivity index (χ1v) is 9.86. The smallest absolute Gasteiger partial charge is 0.329 e. The van der Waals surface area contributed by atoms with Crippen molar-refractivity contribution in [3.8, 4) is 5.75 Å². The Kier molecular flexibility index (Phi) is 5.05. The molecule has 7 nitrogen and oxygen atoms in total. The quantitative estimate of drug-likeness (QED) is 0.850. The zero-order valence-electron chi connectivity index (χ0n) is 16.3. The second kappa shape index (κ2) is 7.37. The molecule has 1 aromatic carbocycles. The number of carbonyl (C=O) groups is 2. The van der Waals surface area contributed by atoms with Crippen molar-refractivity contribution >= 4 is 11.9 Å². The van der Waals surface area contributed by atoms with Crippen LogP contribution < -0.4 is 4.74 Å². The lowest BCUT2D eigenvalue weighted by Gasteiger charge is -2.53. The largest absolute Gasteiger partial charge is 0.487 e. The molecular weight excluding hydrogens is 362 g/mol. The molecule has 0 unspecified atom stereocenters. The molecule has 3 aliphatic heterocycles. The minimum Gasteiger partial charge on any atom is -0.487 e. The Morgan fingerprint density at radius 1 is 1.29 bits per heavy atom. The van der Waals surface area contributed by atoms with Crippen LogP contribution in [0.25, 0.3) is 0 Å². The van der Waals surface area contributed by atoms with Crippen molar-refractivity contribution in [2.45, 2.75) is 44.5 Å². The molecule has 0 bridgehead atoms. The maximum absolute atomic E-state index is 12.4. The van der Waals surface area contributed by atoms with Crippen LogP contribution in [-0.4, -0.2) is 59.9 Å². The number of carboxylic acids is 1. The number of likely N-dealkylation sites (tertiary alicyclic amines) is 1. The number of hydrogen-bond acceptors (Lipinski definition) is 5. The van der Waals surface area contributed by atoms with E-state index in [1.54, 1.807) is 4.90 Å². The highest BCUT2D eigenvalue weighted by Crippen LogP contribution is 2.52. The van der Waals surface area contributed by atoms with E-state index in [-0.39, 0.29) is 42.2 Å². The van der Waals surface area contributed by atoms with Gasteiger partial charge < -0.3 is 24.2 Å². The third kappa shape index (κ3) is 3.61. The second-order valence-corrected chi connectivity index (χ2v) is 8.46. The zero-order chi connectivity index (χ0) is 19.9. The van der Waals surface area contributed by atoms with Gasteiger partial charge in [-0.1, -0.05) is 18.2 Å². The van der Waals surface area contributed by atoms with Crippen molar-refractivity contribution in [3.63, 3.8) is 0 Å². The summed E-state index contributed by atoms with van der Waals surface area (Å²) in [6.07, 6.45) is 1.84. The molecule has 2 saturated heterocycles. The Bertz CT molecular complexity index is 763. The van der Waals surface area contributed by atoms with Gasteiger partial charge in [-0.3, -0.25) is 4.79 Å². The van der Waals surface area contributed by atoms with Gasteiger partial charge in [0.1, 0.15) is 24.6 Å². The van der Waals surface area contributed by atoms with Gasteiger partial charge in [0.2, 0.25) is 5.91 Å². The van der Waals surface area contributed by atoms with E-state index in [0.29, 0.717) is 13.1 Å². The number of benzene rings is 1. The zero-order valence-corrected chi connectivity index (χ0v) is 16.3. The van der Waals surface area contributed by atoms with E-state index in [9.17, 15) is 9.59 Å². The van der Waals surface area contributed by atoms with Crippen molar-refractivity contribution in [2.75, 3.05) is 26.3 Å². The van der Waals surface area contributed by atoms with Gasteiger partial charge in [-0.05, 0) is 32.8 Å². The van der Waals surface area contributed by atoms with Gasteiger partial charge >= 0.3 is 5.97 Å². The second-order valence-electron chi connectivity index (χ2n) is 8.46. The number of hydrogen-bond donors (Lipinski definition) is 1. The van der Waals surface area contributed by atoms with Crippen LogP contribution in [-0.2, 0) is 19.1 Å². The predicted octanol–water partition coefficient (Wildman–Crippen LogP) is 2.25. The third-order valence-corrected chi connectivity index (χ3v) is 6.20. The summed E-state index contributed by atoms with van der Waals surface area (Å²) >= 11 is 0. The summed E-state index contributed by atoms with van der Waals surface area (Å²) in [5, 5.41) is 8.64. The summed E-state index contributed by atoms with van der Waals surface area (Å²) in [5.41, 5.74) is 0.770. The fraction of sp³-hybridized carbons (Fsp3) is 0.619. The topological polar surface area (TPSA) is 85.3 Å². The van der Waals surface area contributed by atoms with Crippen LogP contribution in [0.4, 0.5) is 0 Å². The number of fused-ring (bicyclic) bond motifs is 4. The number of nitrogens with zero attached hydrogens (tertiary/aromatic N) is 1. The molecule has 0 aromatic heterocycles. The van der Waals surface area contributed by atoms with Crippen molar-refractivity contribution in [1.82, 2.24) is 4.90 Å². The summed E-state index contributed by atoms with van der Waals surface area (Å²) in [6.45, 7) is 4.78. The van der Waals surface area contributed by atoms with Crippen LogP contribution in [0.3, 0.4) is 0 Å². The van der Waals surface area contributed by atoms with Crippen LogP contribution in [0.2, 0.25) is 0 Å². The summed E-state index contributed by atoms with van der Waals surface area (Å²) in [6, 6.07) is 8.09. The first-order valence-electron chi connectivity index (χ1n) is 9.86. The molecule has 0 radical (unpaired) electrons. The highest BCUT2D eigenvalue weighted by Gasteiger charge is 2.51. The average Bonchev–Trinajstić information content (AvgIpc) is 2.66. The molecular formula is C21H27NO6. The molecule has 3 heterocycles. The van der Waals surface area contributed by atoms with Gasteiger partial charge in [-0.15, -0.1) is 0 Å². The van der Waals surface area contributed by atoms with Crippen molar-refractivity contribution in [2.24, 2.45) is 11.8 Å². The van der Waals surface area contributed by atoms with Gasteiger partial charge in [-0.25, -0.2) is 4.79 Å². The highest BCUT2D eigenvalue weighted by molar-refractivity contribution is 5.78. The van der Waals surface area contributed by atoms with Crippen LogP contribution in [0.1, 0.15) is 38.4 Å². The number of ether oxygens (including phenoxy) is 3. The average molecular weight is 389 g/mol. The van der Waals surface area contributed by atoms with Crippen LogP contribution in [0.15, 0.2) is 24.3 Å². The molecule has 3 aliphatic rings. The molecule has 1 amide bonds. The fourth-order valence-corrected chi connectivity index (χ4v) is 4.80. The molecule has 0 spiro atoms. The van der Waals surface area contributed by atoms with E-state index in [4.69, 9.17) is 19.3 Å². The van der Waals surface area contributed by atoms with E-state index >= 15 is 0 Å². The Labute approximate surface area is 164 Å². The predicted molar refractivity (Wildman–Crippen MR) is 100 cm³/mol. The molecule has 1 aromatic rings. The van der Waals surface area contributed by atoms with Gasteiger partial charge in [0, 0.05) is 30.5 Å². The van der Waals surface area contributed by atoms with Crippen molar-refractivity contribution < 1.29 is 28.9 Å². The van der Waals surface area contributed by atoms with E-state index < -0.39 is 12.6 Å². The lowest BCUT2D eigenvalue weighted by atomic mass is 9.70. The molecule has 0 saturated carbocycles. The van der Waals surface area contributed by atoms with E-state index in [0.717, 1.165) is 24.2 Å². The van der Waals surface area contributed by atoms with E-state index in [2.05, 4.69) is 19.9 Å². The van der Waals surface area contributed by atoms with Crippen LogP contribution in [0.5, 0.6) is 5.75 Å². The maximum atomic E-state index is 12.4. The van der Waals surface area contributed by atoms with E-state index in [1.165, 1.54) is 0 Å². The number of aliphatic carboxylic acids is 1. The van der Waals surface area contributed by atoms with Crippen LogP contribution in [0, 0.1) is 11.8 Å². The minimum atomic E-state index is -1.07. The lowest BCUT2D eigenvalue weighted by molar-refractivity contribution is -0.189. The molecule has 4 atom stereocenters. The number of rotatable bonds is 4. The minimum absolute atomic E-state index is 0.0161. The first kappa shape index (κ1) is 19.2. The molecule has 4 rings (SSSR count). The number of piperidine rings is 1. The van der Waals surface area contributed by atoms with Gasteiger partial charge in [0.05, 0.1) is 12.2 Å². The monoisotopic (exact) mass is 389 g/mol. The SMILES string of the molecule is CC1(C)Oc2ccccc2[C@@H]2O[C@@H]3CCN(C(=O)COCC(=O)O)C[C@@H]3C[C@H]21. The summed E-state index contributed by atoms with van der Waals surface area (Å²) in [4.78, 5) is 24.7. The maximum Gasteiger partial charge on any atom is 0.329 e. The normalized spacial score (nSPS) is 30.4. The lowest BCUT2D eigenvalue weighted by Crippen LogP contribution is -2.56. The summed E-state index contributed by atoms with van der Waals surface area (Å²) in [7, 11) is 0. The van der Waals surface area contributed by atoms with Crippen molar-refractivity contribution in [1.29, 1.82) is 0 Å². The molecule has 0 aliphatic carbocycles. The number of para-hydroxylation sites is 1. The van der Waals surface area contributed by atoms with Gasteiger partial charge in [0.25, 0.3) is 0 Å². The number of amides is 1. The fourth-order valence-electron chi connectivity index (χ4n) is 4.80. The third-order valence-electron chi connectivity index (χ3n) is 6.20. The number of carbonyl (C=O) groups excluding carboxylic acids is 1. The first-order chi connectivity index (χ1) is 13.3. The van der Waals surface area contributed by atoms with Crippen LogP contribution >= 0.6 is 0 Å². The summed E-state index contributed by atoms with van der Waals surface area (Å²) < 4.78 is 17.8. The molecule has 7 heteroatoms. The molecule has 28 heavy (non-hydrogen) atoms. The van der Waals surface area contributed by atoms with Gasteiger partial charge in [-0.2, -0.15) is 0 Å². The summed E-state index contributed by atoms with van der Waals surface area (Å²) in [5.74, 6) is 0.119. The van der Waals surface area contributed by atoms with E-state index in [1.807, 2.05) is 18.2 Å². The standard InChI is InChI=1S/C21H27NO6/c1-21(2)15-9-13-10-22(18(23)11-26-12-19(24)25)8-7-16(13)27-20(15)14-5-3-4-6-17(14)28-21/h3-6,13,15-16,20H,7-12H2,1-2H3,(H,24,25)/t13-,15+,16+,20-/m0/s1. The van der Waals surface area contributed by atoms with Crippen molar-refractivity contribution in [3.05, 3.63) is 29.8 Å². The number of carboxylic acid groups (broad SMARTS) is 1. The van der Waals surface area contributed by atoms with Gasteiger partial charge in [0.15, 0.2) is 0 Å².